The lowest BCUT2D eigenvalue weighted by Crippen LogP contribution is -2.12. The molecule has 0 spiro atoms. The monoisotopic (exact) mass is 383 g/mol. The molecule has 2 rings (SSSR count). The molecule has 0 saturated carbocycles. The van der Waals surface area contributed by atoms with Crippen LogP contribution in [0.5, 0.6) is 5.75 Å². The van der Waals surface area contributed by atoms with Crippen LogP contribution in [-0.2, 0) is 11.3 Å². The van der Waals surface area contributed by atoms with Gasteiger partial charge in [-0.3, -0.25) is 4.79 Å². The molecule has 0 atom stereocenters. The van der Waals surface area contributed by atoms with E-state index in [2.05, 4.69) is 5.32 Å². The highest BCUT2D eigenvalue weighted by molar-refractivity contribution is 14.1. The van der Waals surface area contributed by atoms with Gasteiger partial charge in [0.05, 0.1) is 10.2 Å². The summed E-state index contributed by atoms with van der Waals surface area (Å²) in [5, 5.41) is 12.4. The first-order valence-electron chi connectivity index (χ1n) is 5.98. The molecular weight excluding hydrogens is 369 g/mol. The van der Waals surface area contributed by atoms with Gasteiger partial charge in [0.2, 0.25) is 0 Å². The van der Waals surface area contributed by atoms with Gasteiger partial charge < -0.3 is 15.2 Å². The number of anilines is 1. The summed E-state index contributed by atoms with van der Waals surface area (Å²) in [7, 11) is 1.62. The van der Waals surface area contributed by atoms with Crippen molar-refractivity contribution < 1.29 is 14.6 Å². The molecule has 2 aromatic rings. The molecule has 0 aromatic heterocycles. The first-order chi connectivity index (χ1) is 9.60. The van der Waals surface area contributed by atoms with E-state index in [0.717, 1.165) is 5.56 Å². The molecule has 0 radical (unpaired) electrons. The van der Waals surface area contributed by atoms with E-state index in [0.29, 0.717) is 21.4 Å². The molecular formula is C15H14INO3. The lowest BCUT2D eigenvalue weighted by atomic mass is 10.1. The Morgan fingerprint density at radius 1 is 1.30 bits per heavy atom. The SMILES string of the molecule is COCc1cccc(NC(=O)c2ccc(I)c(O)c2)c1. The van der Waals surface area contributed by atoms with Crippen LogP contribution in [0.3, 0.4) is 0 Å². The van der Waals surface area contributed by atoms with Crippen molar-refractivity contribution in [2.24, 2.45) is 0 Å². The van der Waals surface area contributed by atoms with Crippen molar-refractivity contribution in [1.82, 2.24) is 0 Å². The Morgan fingerprint density at radius 3 is 2.80 bits per heavy atom. The van der Waals surface area contributed by atoms with Crippen LogP contribution < -0.4 is 5.32 Å². The number of ether oxygens (including phenoxy) is 1. The molecule has 0 aliphatic rings. The molecule has 2 aromatic carbocycles. The fourth-order valence-electron chi connectivity index (χ4n) is 1.76. The van der Waals surface area contributed by atoms with Crippen LogP contribution in [0.25, 0.3) is 0 Å². The third-order valence-corrected chi connectivity index (χ3v) is 3.62. The summed E-state index contributed by atoms with van der Waals surface area (Å²) in [6.45, 7) is 0.494. The van der Waals surface area contributed by atoms with Gasteiger partial charge in [-0.1, -0.05) is 12.1 Å². The topological polar surface area (TPSA) is 58.6 Å². The third kappa shape index (κ3) is 3.71. The quantitative estimate of drug-likeness (QED) is 0.796. The second-order valence-corrected chi connectivity index (χ2v) is 5.42. The zero-order chi connectivity index (χ0) is 14.5. The van der Waals surface area contributed by atoms with E-state index in [-0.39, 0.29) is 11.7 Å². The van der Waals surface area contributed by atoms with Crippen LogP contribution in [0.4, 0.5) is 5.69 Å². The van der Waals surface area contributed by atoms with E-state index in [1.54, 1.807) is 19.2 Å². The number of amides is 1. The fraction of sp³-hybridized carbons (Fsp3) is 0.133. The van der Waals surface area contributed by atoms with Crippen molar-refractivity contribution in [3.05, 3.63) is 57.2 Å². The summed E-state index contributed by atoms with van der Waals surface area (Å²) in [5.74, 6) is -0.155. The van der Waals surface area contributed by atoms with Gasteiger partial charge >= 0.3 is 0 Å². The Hall–Kier alpha value is -1.60. The van der Waals surface area contributed by atoms with E-state index in [4.69, 9.17) is 4.74 Å². The Morgan fingerprint density at radius 2 is 2.10 bits per heavy atom. The fourth-order valence-corrected chi connectivity index (χ4v) is 2.10. The van der Waals surface area contributed by atoms with Gasteiger partial charge in [0, 0.05) is 18.4 Å². The van der Waals surface area contributed by atoms with E-state index in [1.165, 1.54) is 6.07 Å². The zero-order valence-electron chi connectivity index (χ0n) is 10.9. The van der Waals surface area contributed by atoms with Crippen LogP contribution >= 0.6 is 22.6 Å². The van der Waals surface area contributed by atoms with Crippen LogP contribution in [-0.4, -0.2) is 18.1 Å². The molecule has 0 bridgehead atoms. The largest absolute Gasteiger partial charge is 0.507 e. The summed E-state index contributed by atoms with van der Waals surface area (Å²) in [5.41, 5.74) is 2.10. The van der Waals surface area contributed by atoms with E-state index in [1.807, 2.05) is 46.9 Å². The number of aromatic hydroxyl groups is 1. The number of nitrogens with one attached hydrogen (secondary N) is 1. The highest BCUT2D eigenvalue weighted by Gasteiger charge is 2.08. The Kier molecular flexibility index (Phi) is 4.97. The molecule has 0 unspecified atom stereocenters. The lowest BCUT2D eigenvalue weighted by molar-refractivity contribution is 0.102. The van der Waals surface area contributed by atoms with Crippen LogP contribution in [0.15, 0.2) is 42.5 Å². The van der Waals surface area contributed by atoms with Gasteiger partial charge in [-0.05, 0) is 58.5 Å². The molecule has 5 heteroatoms. The number of phenols is 1. The molecule has 0 saturated heterocycles. The number of carbonyl (C=O) groups excluding carboxylic acids is 1. The molecule has 104 valence electrons. The number of hydrogen-bond acceptors (Lipinski definition) is 3. The average Bonchev–Trinajstić information content (AvgIpc) is 2.42. The van der Waals surface area contributed by atoms with Crippen LogP contribution in [0, 0.1) is 3.57 Å². The van der Waals surface area contributed by atoms with Gasteiger partial charge in [-0.25, -0.2) is 0 Å². The molecule has 20 heavy (non-hydrogen) atoms. The zero-order valence-corrected chi connectivity index (χ0v) is 13.0. The molecule has 0 aliphatic carbocycles. The van der Waals surface area contributed by atoms with Gasteiger partial charge in [0.15, 0.2) is 0 Å². The standard InChI is InChI=1S/C15H14INO3/c1-20-9-10-3-2-4-12(7-10)17-15(19)11-5-6-13(16)14(18)8-11/h2-8,18H,9H2,1H3,(H,17,19). The Bertz CT molecular complexity index is 628. The molecule has 2 N–H and O–H groups in total. The van der Waals surface area contributed by atoms with Crippen LogP contribution in [0.2, 0.25) is 0 Å². The second kappa shape index (κ2) is 6.71. The smallest absolute Gasteiger partial charge is 0.255 e. The highest BCUT2D eigenvalue weighted by Crippen LogP contribution is 2.21. The number of halogens is 1. The number of methoxy groups -OCH3 is 1. The Balaban J connectivity index is 2.14. The van der Waals surface area contributed by atoms with Gasteiger partial charge in [-0.15, -0.1) is 0 Å². The summed E-state index contributed by atoms with van der Waals surface area (Å²) in [4.78, 5) is 12.1. The summed E-state index contributed by atoms with van der Waals surface area (Å²) >= 11 is 2.01. The summed E-state index contributed by atoms with van der Waals surface area (Å²) in [6.07, 6.45) is 0. The minimum atomic E-state index is -0.258. The van der Waals surface area contributed by atoms with Crippen molar-refractivity contribution in [3.8, 4) is 5.75 Å². The van der Waals surface area contributed by atoms with Gasteiger partial charge in [0.1, 0.15) is 5.75 Å². The summed E-state index contributed by atoms with van der Waals surface area (Å²) in [6, 6.07) is 12.3. The first-order valence-corrected chi connectivity index (χ1v) is 7.06. The van der Waals surface area contributed by atoms with Gasteiger partial charge in [-0.2, -0.15) is 0 Å². The Labute approximate surface area is 130 Å². The van der Waals surface area contributed by atoms with Crippen molar-refractivity contribution in [1.29, 1.82) is 0 Å². The number of benzene rings is 2. The number of rotatable bonds is 4. The van der Waals surface area contributed by atoms with Crippen molar-refractivity contribution in [2.75, 3.05) is 12.4 Å². The maximum atomic E-state index is 12.1. The highest BCUT2D eigenvalue weighted by atomic mass is 127. The first kappa shape index (κ1) is 14.8. The number of phenolic OH excluding ortho intramolecular Hbond substituents is 1. The average molecular weight is 383 g/mol. The van der Waals surface area contributed by atoms with Gasteiger partial charge in [0.25, 0.3) is 5.91 Å². The summed E-state index contributed by atoms with van der Waals surface area (Å²) < 4.78 is 5.76. The van der Waals surface area contributed by atoms with E-state index in [9.17, 15) is 9.90 Å². The van der Waals surface area contributed by atoms with Crippen molar-refractivity contribution in [2.45, 2.75) is 6.61 Å². The molecule has 4 nitrogen and oxygen atoms in total. The normalized spacial score (nSPS) is 10.3. The van der Waals surface area contributed by atoms with Crippen molar-refractivity contribution in [3.63, 3.8) is 0 Å². The molecule has 0 aliphatic heterocycles. The third-order valence-electron chi connectivity index (χ3n) is 2.70. The van der Waals surface area contributed by atoms with E-state index >= 15 is 0 Å². The minimum absolute atomic E-state index is 0.103. The lowest BCUT2D eigenvalue weighted by Gasteiger charge is -2.08. The maximum Gasteiger partial charge on any atom is 0.255 e. The maximum absolute atomic E-state index is 12.1. The predicted molar refractivity (Wildman–Crippen MR) is 85.9 cm³/mol. The number of hydrogen-bond donors (Lipinski definition) is 2. The van der Waals surface area contributed by atoms with Crippen molar-refractivity contribution >= 4 is 34.2 Å². The molecule has 1 amide bonds. The predicted octanol–water partition coefficient (Wildman–Crippen LogP) is 3.40. The second-order valence-electron chi connectivity index (χ2n) is 4.25. The minimum Gasteiger partial charge on any atom is -0.507 e. The number of carbonyl (C=O) groups is 1. The van der Waals surface area contributed by atoms with E-state index < -0.39 is 0 Å². The molecule has 0 fully saturated rings. The van der Waals surface area contributed by atoms with Crippen LogP contribution in [0.1, 0.15) is 15.9 Å². The molecule has 0 heterocycles.